The van der Waals surface area contributed by atoms with Crippen molar-refractivity contribution in [3.05, 3.63) is 64.8 Å². The highest BCUT2D eigenvalue weighted by molar-refractivity contribution is 7.91. The lowest BCUT2D eigenvalue weighted by Gasteiger charge is -2.19. The maximum absolute atomic E-state index is 12.9. The highest BCUT2D eigenvalue weighted by Gasteiger charge is 2.44. The van der Waals surface area contributed by atoms with E-state index in [0.29, 0.717) is 23.5 Å². The third-order valence-electron chi connectivity index (χ3n) is 6.82. The van der Waals surface area contributed by atoms with Crippen LogP contribution in [0.1, 0.15) is 53.2 Å². The monoisotopic (exact) mass is 610 g/mol. The van der Waals surface area contributed by atoms with Crippen LogP contribution in [0, 0.1) is 5.92 Å². The molecule has 1 aliphatic rings. The first-order chi connectivity index (χ1) is 19.7. The van der Waals surface area contributed by atoms with Crippen LogP contribution < -0.4 is 10.6 Å². The maximum atomic E-state index is 12.9. The molecule has 1 fully saturated rings. The first-order valence-corrected chi connectivity index (χ1v) is 15.9. The zero-order valence-corrected chi connectivity index (χ0v) is 25.3. The van der Waals surface area contributed by atoms with Gasteiger partial charge >= 0.3 is 6.03 Å². The molecule has 2 aromatic heterocycles. The van der Waals surface area contributed by atoms with Crippen LogP contribution in [0.5, 0.6) is 0 Å². The summed E-state index contributed by atoms with van der Waals surface area (Å²) in [5, 5.41) is 11.5. The molecule has 1 saturated heterocycles. The molecule has 2 aromatic carbocycles. The summed E-state index contributed by atoms with van der Waals surface area (Å²) in [7, 11) is -2.02. The van der Waals surface area contributed by atoms with Crippen LogP contribution in [0.15, 0.2) is 46.9 Å². The normalized spacial score (nSPS) is 17.9. The molecule has 12 nitrogen and oxygen atoms in total. The standard InChI is InChI=1S/C28H30N6O6S2/c1-15(2)14-34(4)25(35)18-8-6-7-16(11-18)17-9-10-19-20(12-17)41-24(29-19)22(42(5,38)39)23-33-32-21(40-23)13-28(3)26(36)30-27(37)31-28/h6-12,15,22H,13-14H2,1-5H3,(H2,30,31,36,37). The molecular weight excluding hydrogens is 580 g/mol. The summed E-state index contributed by atoms with van der Waals surface area (Å²) in [5.41, 5.74) is 1.55. The summed E-state index contributed by atoms with van der Waals surface area (Å²) in [6.45, 7) is 6.27. The molecule has 5 rings (SSSR count). The molecule has 220 valence electrons. The third kappa shape index (κ3) is 5.90. The second-order valence-corrected chi connectivity index (χ2v) is 14.2. The molecular formula is C28H30N6O6S2. The van der Waals surface area contributed by atoms with E-state index in [1.807, 2.05) is 30.3 Å². The van der Waals surface area contributed by atoms with E-state index in [9.17, 15) is 22.8 Å². The molecule has 2 unspecified atom stereocenters. The van der Waals surface area contributed by atoms with Crippen molar-refractivity contribution in [2.24, 2.45) is 5.92 Å². The Hall–Kier alpha value is -4.17. The molecule has 2 N–H and O–H groups in total. The van der Waals surface area contributed by atoms with Gasteiger partial charge in [0.2, 0.25) is 11.8 Å². The third-order valence-corrected chi connectivity index (χ3v) is 9.33. The number of sulfone groups is 1. The summed E-state index contributed by atoms with van der Waals surface area (Å²) in [4.78, 5) is 43.0. The molecule has 3 heterocycles. The number of thiazole rings is 1. The van der Waals surface area contributed by atoms with Gasteiger partial charge in [0.05, 0.1) is 16.6 Å². The number of nitrogens with zero attached hydrogens (tertiary/aromatic N) is 4. The lowest BCUT2D eigenvalue weighted by molar-refractivity contribution is -0.123. The van der Waals surface area contributed by atoms with Crippen molar-refractivity contribution in [1.82, 2.24) is 30.7 Å². The number of hydrogen-bond donors (Lipinski definition) is 2. The van der Waals surface area contributed by atoms with Gasteiger partial charge in [0.1, 0.15) is 10.5 Å². The van der Waals surface area contributed by atoms with Crippen molar-refractivity contribution in [2.75, 3.05) is 19.8 Å². The SMILES string of the molecule is CC(C)CN(C)C(=O)c1cccc(-c2ccc3nc(C(c4nnc(CC5(C)NC(=O)NC5=O)o4)S(C)(=O)=O)sc3c2)c1. The Kier molecular flexibility index (Phi) is 7.62. The molecule has 1 aliphatic heterocycles. The number of rotatable bonds is 9. The van der Waals surface area contributed by atoms with Crippen molar-refractivity contribution in [3.63, 3.8) is 0 Å². The van der Waals surface area contributed by atoms with Crippen LogP contribution in [0.4, 0.5) is 4.79 Å². The predicted octanol–water partition coefficient (Wildman–Crippen LogP) is 3.35. The van der Waals surface area contributed by atoms with E-state index in [1.54, 1.807) is 24.1 Å². The Balaban J connectivity index is 1.44. The highest BCUT2D eigenvalue weighted by atomic mass is 32.2. The van der Waals surface area contributed by atoms with Crippen LogP contribution >= 0.6 is 11.3 Å². The van der Waals surface area contributed by atoms with E-state index in [0.717, 1.165) is 22.1 Å². The summed E-state index contributed by atoms with van der Waals surface area (Å²) in [5.74, 6) is -0.454. The number of hydrogen-bond acceptors (Lipinski definition) is 10. The predicted molar refractivity (Wildman–Crippen MR) is 157 cm³/mol. The summed E-state index contributed by atoms with van der Waals surface area (Å²) < 4.78 is 32.3. The summed E-state index contributed by atoms with van der Waals surface area (Å²) in [6, 6.07) is 12.3. The second-order valence-electron chi connectivity index (χ2n) is 11.1. The average molecular weight is 611 g/mol. The van der Waals surface area contributed by atoms with Crippen LogP contribution in [0.25, 0.3) is 21.3 Å². The number of benzene rings is 2. The largest absolute Gasteiger partial charge is 0.423 e. The first-order valence-electron chi connectivity index (χ1n) is 13.1. The van der Waals surface area contributed by atoms with E-state index in [2.05, 4.69) is 39.7 Å². The minimum Gasteiger partial charge on any atom is -0.423 e. The quantitative estimate of drug-likeness (QED) is 0.270. The van der Waals surface area contributed by atoms with Gasteiger partial charge in [0.25, 0.3) is 11.8 Å². The molecule has 0 spiro atoms. The Morgan fingerprint density at radius 2 is 1.86 bits per heavy atom. The number of nitrogens with one attached hydrogen (secondary N) is 2. The minimum atomic E-state index is -3.80. The molecule has 42 heavy (non-hydrogen) atoms. The van der Waals surface area contributed by atoms with Crippen LogP contribution in [-0.4, -0.2) is 71.7 Å². The molecule has 0 radical (unpaired) electrons. The molecule has 4 aromatic rings. The number of imide groups is 1. The fourth-order valence-electron chi connectivity index (χ4n) is 4.84. The zero-order chi connectivity index (χ0) is 30.4. The number of amides is 4. The zero-order valence-electron chi connectivity index (χ0n) is 23.7. The number of urea groups is 1. The summed E-state index contributed by atoms with van der Waals surface area (Å²) >= 11 is 1.19. The minimum absolute atomic E-state index is 0.00429. The van der Waals surface area contributed by atoms with Crippen LogP contribution in [0.2, 0.25) is 0 Å². The number of aromatic nitrogens is 3. The molecule has 14 heteroatoms. The lowest BCUT2D eigenvalue weighted by Crippen LogP contribution is -2.45. The van der Waals surface area contributed by atoms with Gasteiger partial charge in [-0.3, -0.25) is 14.9 Å². The number of carbonyl (C=O) groups is 3. The van der Waals surface area contributed by atoms with E-state index >= 15 is 0 Å². The van der Waals surface area contributed by atoms with Gasteiger partial charge in [-0.05, 0) is 48.2 Å². The Morgan fingerprint density at radius 3 is 2.52 bits per heavy atom. The van der Waals surface area contributed by atoms with Crippen LogP contribution in [0.3, 0.4) is 0 Å². The van der Waals surface area contributed by atoms with Gasteiger partial charge in [-0.1, -0.05) is 32.0 Å². The van der Waals surface area contributed by atoms with Crippen LogP contribution in [-0.2, 0) is 21.1 Å². The van der Waals surface area contributed by atoms with E-state index in [4.69, 9.17) is 4.42 Å². The fraction of sp³-hybridized carbons (Fsp3) is 0.357. The molecule has 0 saturated carbocycles. The number of fused-ring (bicyclic) bond motifs is 1. The van der Waals surface area contributed by atoms with Gasteiger partial charge in [-0.15, -0.1) is 21.5 Å². The molecule has 0 bridgehead atoms. The maximum Gasteiger partial charge on any atom is 0.322 e. The van der Waals surface area contributed by atoms with E-state index in [1.165, 1.54) is 18.3 Å². The van der Waals surface area contributed by atoms with E-state index < -0.39 is 32.6 Å². The van der Waals surface area contributed by atoms with Crippen molar-refractivity contribution in [3.8, 4) is 11.1 Å². The fourth-order valence-corrected chi connectivity index (χ4v) is 7.37. The molecule has 2 atom stereocenters. The average Bonchev–Trinajstić information content (AvgIpc) is 3.59. The van der Waals surface area contributed by atoms with Gasteiger partial charge < -0.3 is 14.6 Å². The van der Waals surface area contributed by atoms with Gasteiger partial charge in [0, 0.05) is 25.4 Å². The Bertz CT molecular complexity index is 1810. The molecule has 4 amide bonds. The Labute approximate surface area is 246 Å². The van der Waals surface area contributed by atoms with Crippen molar-refractivity contribution >= 4 is 49.2 Å². The van der Waals surface area contributed by atoms with E-state index in [-0.39, 0.29) is 29.1 Å². The van der Waals surface area contributed by atoms with Gasteiger partial charge in [-0.2, -0.15) is 0 Å². The second kappa shape index (κ2) is 10.9. The number of carbonyl (C=O) groups excluding carboxylic acids is 3. The van der Waals surface area contributed by atoms with Gasteiger partial charge in [0.15, 0.2) is 15.1 Å². The van der Waals surface area contributed by atoms with Crippen molar-refractivity contribution < 1.29 is 27.2 Å². The summed E-state index contributed by atoms with van der Waals surface area (Å²) in [6.07, 6.45) is 0.940. The topological polar surface area (TPSA) is 164 Å². The Morgan fingerprint density at radius 1 is 1.12 bits per heavy atom. The molecule has 0 aliphatic carbocycles. The lowest BCUT2D eigenvalue weighted by atomic mass is 9.98. The van der Waals surface area contributed by atoms with Gasteiger partial charge in [-0.25, -0.2) is 18.2 Å². The highest BCUT2D eigenvalue weighted by Crippen LogP contribution is 2.36. The smallest absolute Gasteiger partial charge is 0.322 e. The van der Waals surface area contributed by atoms with Crippen molar-refractivity contribution in [1.29, 1.82) is 0 Å². The first kappa shape index (κ1) is 29.3. The van der Waals surface area contributed by atoms with Crippen molar-refractivity contribution in [2.45, 2.75) is 38.0 Å².